The number of nitrogens with one attached hydrogen (secondary N) is 1. The molecule has 3 aromatic heterocycles. The number of hydrogen-bond acceptors (Lipinski definition) is 8. The van der Waals surface area contributed by atoms with Gasteiger partial charge in [0, 0.05) is 11.1 Å². The van der Waals surface area contributed by atoms with Gasteiger partial charge in [0.05, 0.1) is 14.2 Å². The van der Waals surface area contributed by atoms with E-state index in [9.17, 15) is 9.18 Å². The number of hydrogen-bond donors (Lipinski definition) is 1. The first kappa shape index (κ1) is 42.6. The van der Waals surface area contributed by atoms with Crippen LogP contribution in [0.25, 0.3) is 20.9 Å². The van der Waals surface area contributed by atoms with Crippen LogP contribution in [0.5, 0.6) is 0 Å². The summed E-state index contributed by atoms with van der Waals surface area (Å²) in [6.07, 6.45) is 0. The molecule has 1 N–H and O–H groups in total. The van der Waals surface area contributed by atoms with Crippen molar-refractivity contribution in [1.29, 1.82) is 0 Å². The molecule has 0 aliphatic carbocycles. The molecule has 3 heterocycles. The average molecular weight is 745 g/mol. The summed E-state index contributed by atoms with van der Waals surface area (Å²) in [5.41, 5.74) is 7.63. The molecule has 0 saturated heterocycles. The molecule has 0 aliphatic rings. The van der Waals surface area contributed by atoms with Gasteiger partial charge in [0.1, 0.15) is 25.7 Å². The van der Waals surface area contributed by atoms with Gasteiger partial charge in [-0.2, -0.15) is 0 Å². The summed E-state index contributed by atoms with van der Waals surface area (Å²) in [5, 5.41) is 13.1. The predicted octanol–water partition coefficient (Wildman–Crippen LogP) is 2.03. The molecule has 5 rings (SSSR count). The van der Waals surface area contributed by atoms with E-state index >= 15 is 0 Å². The molecule has 0 spiro atoms. The molecular formula is C30H28Cl3FK2N4O4S. The molecule has 2 aromatic carbocycles. The molecule has 0 saturated carbocycles. The van der Waals surface area contributed by atoms with Crippen LogP contribution in [0.2, 0.25) is 15.5 Å². The first-order valence-electron chi connectivity index (χ1n) is 12.9. The van der Waals surface area contributed by atoms with Crippen molar-refractivity contribution in [2.45, 2.75) is 27.7 Å². The standard InChI is InChI=1S/C14H12Cl2N2O.C14H11ClN2S.CH3F.CH2O3.2K.H/c1-8-5-9(2)7-10(6-8)14(19)17-11-3-4-12(15)18-13(11)16;1-8-5-9(2)7-10(6-8)13-16-11-3-4-12(15)17-14(11)18-13;1-2;2-1-4-3;;;/h3-7H,1-2H3,(H,17,19);3-7H,1-2H3;1H3;1,3H;;;/q;;;;2*+1;-1/p-1/i;;1D;;;;. The number of nitrogens with zero attached hydrogens (tertiary/aromatic N) is 3. The monoisotopic (exact) mass is 743 g/mol. The Morgan fingerprint density at radius 1 is 0.911 bits per heavy atom. The number of carbonyl (C=O) groups excluding carboxylic acids is 2. The van der Waals surface area contributed by atoms with Gasteiger partial charge >= 0.3 is 103 Å². The Morgan fingerprint density at radius 3 is 1.91 bits per heavy atom. The van der Waals surface area contributed by atoms with Crippen molar-refractivity contribution in [2.24, 2.45) is 0 Å². The summed E-state index contributed by atoms with van der Waals surface area (Å²) in [4.78, 5) is 37.0. The first-order valence-corrected chi connectivity index (χ1v) is 14.2. The number of alkyl halides is 1. The van der Waals surface area contributed by atoms with Gasteiger partial charge < -0.3 is 16.9 Å². The minimum atomic E-state index is -1.00. The molecular weight excluding hydrogens is 716 g/mol. The van der Waals surface area contributed by atoms with Crippen molar-refractivity contribution in [3.05, 3.63) is 104 Å². The third-order valence-electron chi connectivity index (χ3n) is 5.28. The van der Waals surface area contributed by atoms with Crippen LogP contribution in [0.1, 0.15) is 35.4 Å². The fourth-order valence-corrected chi connectivity index (χ4v) is 5.34. The zero-order valence-electron chi connectivity index (χ0n) is 27.5. The first-order chi connectivity index (χ1) is 20.9. The van der Waals surface area contributed by atoms with Gasteiger partial charge in [0.15, 0.2) is 5.15 Å². The van der Waals surface area contributed by atoms with Gasteiger partial charge in [-0.3, -0.25) is 14.0 Å². The number of aromatic nitrogens is 3. The third kappa shape index (κ3) is 15.1. The maximum Gasteiger partial charge on any atom is 1.00 e. The number of fused-ring (bicyclic) bond motifs is 1. The molecule has 0 unspecified atom stereocenters. The maximum absolute atomic E-state index is 12.1. The number of thiazole rings is 1. The van der Waals surface area contributed by atoms with Crippen LogP contribution >= 0.6 is 46.1 Å². The number of halogens is 4. The molecule has 0 radical (unpaired) electrons. The van der Waals surface area contributed by atoms with Crippen LogP contribution in [0.3, 0.4) is 0 Å². The number of aryl methyl sites for hydroxylation is 4. The van der Waals surface area contributed by atoms with E-state index in [-0.39, 0.29) is 127 Å². The number of anilines is 1. The van der Waals surface area contributed by atoms with Crippen LogP contribution in [-0.2, 0) is 9.68 Å². The summed E-state index contributed by atoms with van der Waals surface area (Å²) >= 11 is 19.1. The SMILES string of the molecule is Cc1cc(C)cc(-c2nc3ccc(Cl)nc3s2)c1.Cc1cc(C)cc(C(=O)Nc2ccc(Cl)nc2Cl)c1.O=CO[O-].[2H]CF.[H-].[K+].[K+]. The third-order valence-corrected chi connectivity index (χ3v) is 7.00. The normalized spacial score (nSPS) is 9.67. The van der Waals surface area contributed by atoms with E-state index in [1.807, 2.05) is 38.1 Å². The van der Waals surface area contributed by atoms with Crippen molar-refractivity contribution in [1.82, 2.24) is 15.0 Å². The van der Waals surface area contributed by atoms with E-state index in [0.29, 0.717) is 16.4 Å². The molecule has 15 heteroatoms. The van der Waals surface area contributed by atoms with Gasteiger partial charge in [-0.05, 0) is 76.2 Å². The topological polar surface area (TPSA) is 117 Å². The van der Waals surface area contributed by atoms with E-state index < -0.39 is 7.15 Å². The minimum Gasteiger partial charge on any atom is -1.00 e. The molecule has 1 amide bonds. The van der Waals surface area contributed by atoms with Crippen LogP contribution in [0.4, 0.5) is 10.1 Å². The van der Waals surface area contributed by atoms with Gasteiger partial charge in [-0.15, -0.1) is 0 Å². The number of carbonyl (C=O) groups is 2. The molecule has 0 atom stereocenters. The zero-order chi connectivity index (χ0) is 32.8. The second-order valence-corrected chi connectivity index (χ2v) is 11.0. The number of pyridine rings is 2. The van der Waals surface area contributed by atoms with Crippen molar-refractivity contribution in [3.63, 3.8) is 0 Å². The summed E-state index contributed by atoms with van der Waals surface area (Å²) in [7, 11) is -1.00. The molecule has 0 aliphatic heterocycles. The molecule has 45 heavy (non-hydrogen) atoms. The minimum absolute atomic E-state index is 0. The van der Waals surface area contributed by atoms with Gasteiger partial charge in [-0.1, -0.05) is 80.5 Å². The number of benzene rings is 2. The Labute approximate surface area is 368 Å². The quantitative estimate of drug-likeness (QED) is 0.0985. The number of amides is 1. The van der Waals surface area contributed by atoms with Crippen molar-refractivity contribution >= 4 is 74.6 Å². The van der Waals surface area contributed by atoms with Crippen molar-refractivity contribution in [2.75, 3.05) is 12.5 Å². The van der Waals surface area contributed by atoms with Crippen LogP contribution in [-0.4, -0.2) is 34.5 Å². The van der Waals surface area contributed by atoms with Gasteiger partial charge in [0.25, 0.3) is 12.4 Å². The Kier molecular flexibility index (Phi) is 21.8. The largest absolute Gasteiger partial charge is 1.00 e. The Hall–Kier alpha value is -0.397. The van der Waals surface area contributed by atoms with E-state index in [1.54, 1.807) is 29.5 Å². The fraction of sp³-hybridized carbons (Fsp3) is 0.167. The van der Waals surface area contributed by atoms with Crippen LogP contribution in [0.15, 0.2) is 60.7 Å². The van der Waals surface area contributed by atoms with E-state index in [1.165, 1.54) is 11.1 Å². The second kappa shape index (κ2) is 23.0. The second-order valence-electron chi connectivity index (χ2n) is 8.85. The van der Waals surface area contributed by atoms with E-state index in [2.05, 4.69) is 57.2 Å². The maximum atomic E-state index is 12.1. The molecule has 0 bridgehead atoms. The molecule has 8 nitrogen and oxygen atoms in total. The Balaban J connectivity index is 0. The van der Waals surface area contributed by atoms with Crippen LogP contribution < -0.4 is 113 Å². The summed E-state index contributed by atoms with van der Waals surface area (Å²) in [6.45, 7) is 7.90. The average Bonchev–Trinajstić information content (AvgIpc) is 3.38. The number of rotatable bonds is 4. The van der Waals surface area contributed by atoms with Crippen molar-refractivity contribution in [3.8, 4) is 10.6 Å². The predicted molar refractivity (Wildman–Crippen MR) is 171 cm³/mol. The van der Waals surface area contributed by atoms with Gasteiger partial charge in [-0.25, -0.2) is 15.0 Å². The van der Waals surface area contributed by atoms with E-state index in [4.69, 9.17) is 46.2 Å². The van der Waals surface area contributed by atoms with Gasteiger partial charge in [0.2, 0.25) is 0 Å². The van der Waals surface area contributed by atoms with Crippen LogP contribution in [0, 0.1) is 27.7 Å². The summed E-state index contributed by atoms with van der Waals surface area (Å²) in [6, 6.07) is 19.0. The Bertz CT molecular complexity index is 1700. The van der Waals surface area contributed by atoms with E-state index in [0.717, 1.165) is 32.0 Å². The fourth-order valence-electron chi connectivity index (χ4n) is 3.82. The Morgan fingerprint density at radius 2 is 1.40 bits per heavy atom. The smallest absolute Gasteiger partial charge is 1.00 e. The summed E-state index contributed by atoms with van der Waals surface area (Å²) in [5.74, 6) is -0.224. The molecule has 228 valence electrons. The van der Waals surface area contributed by atoms with Crippen molar-refractivity contribution < 1.29 is 130 Å². The zero-order valence-corrected chi connectivity index (χ0v) is 34.8. The summed E-state index contributed by atoms with van der Waals surface area (Å²) < 4.78 is 15.5. The molecule has 5 aromatic rings. The molecule has 0 fully saturated rings.